The van der Waals surface area contributed by atoms with Gasteiger partial charge in [0, 0.05) is 5.92 Å². The van der Waals surface area contributed by atoms with Gasteiger partial charge >= 0.3 is 0 Å². The molecule has 2 rings (SSSR count). The van der Waals surface area contributed by atoms with E-state index in [1.54, 1.807) is 18.2 Å². The van der Waals surface area contributed by atoms with Gasteiger partial charge in [-0.15, -0.1) is 0 Å². The Morgan fingerprint density at radius 1 is 1.35 bits per heavy atom. The molecule has 0 spiro atoms. The lowest BCUT2D eigenvalue weighted by atomic mass is 9.81. The van der Waals surface area contributed by atoms with E-state index in [0.29, 0.717) is 29.2 Å². The summed E-state index contributed by atoms with van der Waals surface area (Å²) >= 11 is 0.966. The SMILES string of the molecule is CCOc1ccc([C@H]2C(C#N)=C(N)SC(=N)[C@H]2C#N)cc1OC. The molecule has 1 aromatic rings. The first-order valence-corrected chi connectivity index (χ1v) is 7.75. The molecule has 6 nitrogen and oxygen atoms in total. The number of nitrogens with two attached hydrogens (primary N) is 1. The molecule has 0 radical (unpaired) electrons. The largest absolute Gasteiger partial charge is 0.493 e. The van der Waals surface area contributed by atoms with Crippen LogP contribution in [-0.2, 0) is 0 Å². The molecule has 3 N–H and O–H groups in total. The topological polar surface area (TPSA) is 116 Å². The van der Waals surface area contributed by atoms with Crippen molar-refractivity contribution in [2.24, 2.45) is 11.7 Å². The van der Waals surface area contributed by atoms with E-state index in [9.17, 15) is 10.5 Å². The number of hydrogen-bond donors (Lipinski definition) is 2. The number of rotatable bonds is 4. The molecule has 1 heterocycles. The molecule has 1 aliphatic rings. The van der Waals surface area contributed by atoms with Crippen molar-refractivity contribution < 1.29 is 9.47 Å². The molecule has 7 heteroatoms. The maximum atomic E-state index is 9.43. The van der Waals surface area contributed by atoms with Gasteiger partial charge in [0.2, 0.25) is 0 Å². The summed E-state index contributed by atoms with van der Waals surface area (Å²) in [6, 6.07) is 9.43. The van der Waals surface area contributed by atoms with Crippen LogP contribution < -0.4 is 15.2 Å². The van der Waals surface area contributed by atoms with Gasteiger partial charge in [-0.3, -0.25) is 5.41 Å². The van der Waals surface area contributed by atoms with Crippen molar-refractivity contribution in [3.8, 4) is 23.6 Å². The highest BCUT2D eigenvalue weighted by atomic mass is 32.2. The van der Waals surface area contributed by atoms with Crippen LogP contribution in [0.2, 0.25) is 0 Å². The minimum absolute atomic E-state index is 0.141. The fourth-order valence-corrected chi connectivity index (χ4v) is 3.31. The van der Waals surface area contributed by atoms with Gasteiger partial charge in [-0.25, -0.2) is 0 Å². The van der Waals surface area contributed by atoms with E-state index in [1.165, 1.54) is 7.11 Å². The minimum Gasteiger partial charge on any atom is -0.493 e. The molecule has 0 saturated heterocycles. The highest BCUT2D eigenvalue weighted by Gasteiger charge is 2.37. The van der Waals surface area contributed by atoms with Crippen LogP contribution in [0, 0.1) is 34.0 Å². The first kappa shape index (κ1) is 16.7. The fourth-order valence-electron chi connectivity index (χ4n) is 2.48. The Bertz CT molecular complexity index is 745. The molecule has 1 aliphatic heterocycles. The fraction of sp³-hybridized carbons (Fsp3) is 0.312. The third-order valence-electron chi connectivity index (χ3n) is 3.52. The van der Waals surface area contributed by atoms with Gasteiger partial charge in [0.05, 0.1) is 41.5 Å². The number of nitrogens with zero attached hydrogens (tertiary/aromatic N) is 2. The second-order valence-electron chi connectivity index (χ2n) is 4.78. The number of methoxy groups -OCH3 is 1. The van der Waals surface area contributed by atoms with Gasteiger partial charge in [-0.05, 0) is 24.6 Å². The number of benzene rings is 1. The second kappa shape index (κ2) is 7.08. The lowest BCUT2D eigenvalue weighted by Crippen LogP contribution is -2.26. The zero-order valence-electron chi connectivity index (χ0n) is 12.8. The Labute approximate surface area is 139 Å². The van der Waals surface area contributed by atoms with E-state index < -0.39 is 11.8 Å². The molecule has 0 aliphatic carbocycles. The molecule has 0 unspecified atom stereocenters. The summed E-state index contributed by atoms with van der Waals surface area (Å²) in [6.45, 7) is 2.37. The monoisotopic (exact) mass is 328 g/mol. The Balaban J connectivity index is 2.57. The summed E-state index contributed by atoms with van der Waals surface area (Å²) in [5, 5.41) is 27.2. The normalized spacial score (nSPS) is 20.6. The lowest BCUT2D eigenvalue weighted by molar-refractivity contribution is 0.310. The van der Waals surface area contributed by atoms with Gasteiger partial charge in [0.15, 0.2) is 11.5 Å². The minimum atomic E-state index is -0.746. The van der Waals surface area contributed by atoms with E-state index >= 15 is 0 Å². The third kappa shape index (κ3) is 3.10. The van der Waals surface area contributed by atoms with Gasteiger partial charge in [-0.2, -0.15) is 10.5 Å². The summed E-state index contributed by atoms with van der Waals surface area (Å²) in [5.74, 6) is -0.224. The molecular formula is C16H16N4O2S. The van der Waals surface area contributed by atoms with Crippen molar-refractivity contribution in [1.29, 1.82) is 15.9 Å². The number of nitrogens with one attached hydrogen (secondary N) is 1. The van der Waals surface area contributed by atoms with Gasteiger partial charge in [-0.1, -0.05) is 17.8 Å². The van der Waals surface area contributed by atoms with Crippen molar-refractivity contribution >= 4 is 16.8 Å². The summed E-state index contributed by atoms with van der Waals surface area (Å²) in [7, 11) is 1.53. The Morgan fingerprint density at radius 2 is 2.09 bits per heavy atom. The number of ether oxygens (including phenoxy) is 2. The number of allylic oxidation sites excluding steroid dienone is 1. The van der Waals surface area contributed by atoms with Crippen LogP contribution >= 0.6 is 11.8 Å². The van der Waals surface area contributed by atoms with E-state index in [0.717, 1.165) is 11.8 Å². The van der Waals surface area contributed by atoms with Crippen molar-refractivity contribution in [2.75, 3.05) is 13.7 Å². The van der Waals surface area contributed by atoms with Crippen LogP contribution in [0.15, 0.2) is 28.8 Å². The maximum Gasteiger partial charge on any atom is 0.161 e. The molecule has 0 saturated carbocycles. The van der Waals surface area contributed by atoms with Crippen LogP contribution in [0.3, 0.4) is 0 Å². The Morgan fingerprint density at radius 3 is 2.65 bits per heavy atom. The van der Waals surface area contributed by atoms with E-state index in [1.807, 2.05) is 6.92 Å². The van der Waals surface area contributed by atoms with E-state index in [-0.39, 0.29) is 10.1 Å². The van der Waals surface area contributed by atoms with Crippen molar-refractivity contribution in [1.82, 2.24) is 0 Å². The van der Waals surface area contributed by atoms with Crippen LogP contribution in [0.5, 0.6) is 11.5 Å². The second-order valence-corrected chi connectivity index (χ2v) is 5.87. The van der Waals surface area contributed by atoms with Crippen LogP contribution in [0.1, 0.15) is 18.4 Å². The molecule has 23 heavy (non-hydrogen) atoms. The molecule has 1 aromatic carbocycles. The third-order valence-corrected chi connectivity index (χ3v) is 4.43. The number of thioether (sulfide) groups is 1. The number of hydrogen-bond acceptors (Lipinski definition) is 7. The van der Waals surface area contributed by atoms with Gasteiger partial charge in [0.25, 0.3) is 0 Å². The molecule has 118 valence electrons. The standard InChI is InChI=1S/C16H16N4O2S/c1-3-22-12-5-4-9(6-13(12)21-2)14-10(7-17)15(19)23-16(20)11(14)8-18/h4-6,10,14,19H,3,20H2,1-2H3/t10-,14+/m0/s1. The number of nitriles is 2. The van der Waals surface area contributed by atoms with Crippen LogP contribution in [0.4, 0.5) is 0 Å². The lowest BCUT2D eigenvalue weighted by Gasteiger charge is -2.28. The highest BCUT2D eigenvalue weighted by molar-refractivity contribution is 8.17. The van der Waals surface area contributed by atoms with Gasteiger partial charge < -0.3 is 15.2 Å². The van der Waals surface area contributed by atoms with Crippen molar-refractivity contribution in [3.05, 3.63) is 34.4 Å². The van der Waals surface area contributed by atoms with Crippen LogP contribution in [0.25, 0.3) is 0 Å². The quantitative estimate of drug-likeness (QED) is 0.878. The predicted octanol–water partition coefficient (Wildman–Crippen LogP) is 2.74. The molecule has 0 fully saturated rings. The Kier molecular flexibility index (Phi) is 5.15. The first-order valence-electron chi connectivity index (χ1n) is 6.93. The summed E-state index contributed by atoms with van der Waals surface area (Å²) in [6.07, 6.45) is 0. The zero-order valence-corrected chi connectivity index (χ0v) is 13.6. The smallest absolute Gasteiger partial charge is 0.161 e. The van der Waals surface area contributed by atoms with E-state index in [4.69, 9.17) is 20.6 Å². The summed E-state index contributed by atoms with van der Waals surface area (Å²) in [5.41, 5.74) is 6.89. The summed E-state index contributed by atoms with van der Waals surface area (Å²) < 4.78 is 10.8. The molecule has 0 aromatic heterocycles. The maximum absolute atomic E-state index is 9.43. The first-order chi connectivity index (χ1) is 11.1. The molecule has 0 bridgehead atoms. The predicted molar refractivity (Wildman–Crippen MR) is 88.2 cm³/mol. The van der Waals surface area contributed by atoms with E-state index in [2.05, 4.69) is 12.1 Å². The van der Waals surface area contributed by atoms with Gasteiger partial charge in [0.1, 0.15) is 5.92 Å². The average molecular weight is 328 g/mol. The average Bonchev–Trinajstić information content (AvgIpc) is 2.55. The molecule has 2 atom stereocenters. The Hall–Kier alpha value is -2.64. The zero-order chi connectivity index (χ0) is 17.0. The summed E-state index contributed by atoms with van der Waals surface area (Å²) in [4.78, 5) is 0. The molecular weight excluding hydrogens is 312 g/mol. The van der Waals surface area contributed by atoms with Crippen molar-refractivity contribution in [2.45, 2.75) is 12.8 Å². The molecule has 0 amide bonds. The van der Waals surface area contributed by atoms with Crippen molar-refractivity contribution in [3.63, 3.8) is 0 Å². The highest BCUT2D eigenvalue weighted by Crippen LogP contribution is 2.44. The van der Waals surface area contributed by atoms with Crippen LogP contribution in [-0.4, -0.2) is 18.8 Å².